The monoisotopic (exact) mass is 409 g/mol. The second kappa shape index (κ2) is 9.17. The molecule has 7 nitrogen and oxygen atoms in total. The highest BCUT2D eigenvalue weighted by atomic mass is 16.5. The van der Waals surface area contributed by atoms with Gasteiger partial charge < -0.3 is 18.7 Å². The van der Waals surface area contributed by atoms with Crippen molar-refractivity contribution in [3.05, 3.63) is 53.9 Å². The summed E-state index contributed by atoms with van der Waals surface area (Å²) >= 11 is 0. The van der Waals surface area contributed by atoms with E-state index >= 15 is 0 Å². The third-order valence-corrected chi connectivity index (χ3v) is 5.23. The van der Waals surface area contributed by atoms with E-state index in [0.717, 1.165) is 19.0 Å². The summed E-state index contributed by atoms with van der Waals surface area (Å²) in [4.78, 5) is 7.00. The van der Waals surface area contributed by atoms with Gasteiger partial charge in [0.25, 0.3) is 0 Å². The molecule has 1 aliphatic rings. The Morgan fingerprint density at radius 1 is 0.933 bits per heavy atom. The van der Waals surface area contributed by atoms with Gasteiger partial charge in [-0.05, 0) is 36.5 Å². The first-order valence-corrected chi connectivity index (χ1v) is 10.1. The summed E-state index contributed by atoms with van der Waals surface area (Å²) in [6.07, 6.45) is 2.59. The van der Waals surface area contributed by atoms with Crippen LogP contribution in [0.15, 0.2) is 47.0 Å². The number of benzene rings is 2. The molecule has 0 unspecified atom stereocenters. The largest absolute Gasteiger partial charge is 0.493 e. The van der Waals surface area contributed by atoms with E-state index in [9.17, 15) is 0 Å². The Morgan fingerprint density at radius 3 is 2.37 bits per heavy atom. The maximum absolute atomic E-state index is 5.59. The average Bonchev–Trinajstić information content (AvgIpc) is 3.47. The molecule has 2 aromatic carbocycles. The van der Waals surface area contributed by atoms with Gasteiger partial charge in [0, 0.05) is 13.1 Å². The second-order valence-electron chi connectivity index (χ2n) is 7.49. The van der Waals surface area contributed by atoms with Gasteiger partial charge in [0.2, 0.25) is 17.5 Å². The minimum Gasteiger partial charge on any atom is -0.493 e. The van der Waals surface area contributed by atoms with Crippen molar-refractivity contribution in [1.29, 1.82) is 0 Å². The average molecular weight is 409 g/mol. The van der Waals surface area contributed by atoms with Crippen molar-refractivity contribution >= 4 is 0 Å². The van der Waals surface area contributed by atoms with Gasteiger partial charge in [0.15, 0.2) is 11.5 Å². The van der Waals surface area contributed by atoms with E-state index in [1.165, 1.54) is 18.4 Å². The zero-order chi connectivity index (χ0) is 20.9. The fourth-order valence-corrected chi connectivity index (χ4v) is 3.59. The zero-order valence-electron chi connectivity index (χ0n) is 17.6. The number of rotatable bonds is 10. The van der Waals surface area contributed by atoms with Crippen LogP contribution >= 0.6 is 0 Å². The van der Waals surface area contributed by atoms with Crippen LogP contribution in [-0.4, -0.2) is 42.9 Å². The molecule has 1 aromatic heterocycles. The molecule has 1 aliphatic carbocycles. The summed E-state index contributed by atoms with van der Waals surface area (Å²) in [6.45, 7) is 2.50. The highest BCUT2D eigenvalue weighted by molar-refractivity contribution is 5.71. The van der Waals surface area contributed by atoms with Gasteiger partial charge in [-0.15, -0.1) is 0 Å². The first-order valence-electron chi connectivity index (χ1n) is 10.1. The molecule has 7 heteroatoms. The van der Waals surface area contributed by atoms with Crippen molar-refractivity contribution in [2.45, 2.75) is 25.9 Å². The van der Waals surface area contributed by atoms with Crippen LogP contribution in [0.5, 0.6) is 17.2 Å². The molecule has 0 atom stereocenters. The quantitative estimate of drug-likeness (QED) is 0.498. The number of methoxy groups -OCH3 is 3. The molecule has 4 rings (SSSR count). The van der Waals surface area contributed by atoms with Gasteiger partial charge in [0.05, 0.1) is 33.4 Å². The topological polar surface area (TPSA) is 69.9 Å². The number of nitrogens with zero attached hydrogens (tertiary/aromatic N) is 3. The first-order chi connectivity index (χ1) is 14.7. The molecule has 0 N–H and O–H groups in total. The minimum atomic E-state index is 0.467. The Morgan fingerprint density at radius 2 is 1.70 bits per heavy atom. The van der Waals surface area contributed by atoms with Crippen LogP contribution in [0.25, 0.3) is 11.4 Å². The zero-order valence-corrected chi connectivity index (χ0v) is 17.6. The molecule has 0 bridgehead atoms. The summed E-state index contributed by atoms with van der Waals surface area (Å²) in [5.41, 5.74) is 1.97. The maximum atomic E-state index is 5.59. The standard InChI is InChI=1S/C23H27N3O4/c1-27-19-12-11-18(21(28-2)22(19)29-3)23-24-20(30-25-23)15-26(14-17-9-10-17)13-16-7-5-4-6-8-16/h4-8,11-12,17H,9-10,13-15H2,1-3H3. The van der Waals surface area contributed by atoms with E-state index in [1.807, 2.05) is 18.2 Å². The van der Waals surface area contributed by atoms with E-state index in [1.54, 1.807) is 21.3 Å². The molecule has 0 spiro atoms. The summed E-state index contributed by atoms with van der Waals surface area (Å²) in [7, 11) is 4.74. The molecule has 1 saturated carbocycles. The third kappa shape index (κ3) is 4.57. The van der Waals surface area contributed by atoms with Crippen molar-refractivity contribution in [2.75, 3.05) is 27.9 Å². The Balaban J connectivity index is 1.55. The number of ether oxygens (including phenoxy) is 3. The van der Waals surface area contributed by atoms with Crippen molar-refractivity contribution in [2.24, 2.45) is 5.92 Å². The van der Waals surface area contributed by atoms with Gasteiger partial charge in [0.1, 0.15) is 0 Å². The number of hydrogen-bond acceptors (Lipinski definition) is 7. The van der Waals surface area contributed by atoms with Gasteiger partial charge in [-0.1, -0.05) is 35.5 Å². The fourth-order valence-electron chi connectivity index (χ4n) is 3.59. The molecular weight excluding hydrogens is 382 g/mol. The summed E-state index contributed by atoms with van der Waals surface area (Å²) in [5.74, 6) is 3.42. The van der Waals surface area contributed by atoms with E-state index in [-0.39, 0.29) is 0 Å². The van der Waals surface area contributed by atoms with Crippen LogP contribution in [0, 0.1) is 5.92 Å². The smallest absolute Gasteiger partial charge is 0.241 e. The van der Waals surface area contributed by atoms with Crippen molar-refractivity contribution in [3.63, 3.8) is 0 Å². The van der Waals surface area contributed by atoms with Gasteiger partial charge >= 0.3 is 0 Å². The second-order valence-corrected chi connectivity index (χ2v) is 7.49. The van der Waals surface area contributed by atoms with Crippen LogP contribution in [-0.2, 0) is 13.1 Å². The third-order valence-electron chi connectivity index (χ3n) is 5.23. The van der Waals surface area contributed by atoms with Gasteiger partial charge in [-0.2, -0.15) is 4.98 Å². The Labute approximate surface area is 176 Å². The lowest BCUT2D eigenvalue weighted by Gasteiger charge is -2.20. The van der Waals surface area contributed by atoms with Crippen LogP contribution in [0.4, 0.5) is 0 Å². The normalized spacial score (nSPS) is 13.5. The lowest BCUT2D eigenvalue weighted by Crippen LogP contribution is -2.25. The SMILES string of the molecule is COc1ccc(-c2noc(CN(Cc3ccccc3)CC3CC3)n2)c(OC)c1OC. The first kappa shape index (κ1) is 20.2. The van der Waals surface area contributed by atoms with Crippen molar-refractivity contribution < 1.29 is 18.7 Å². The number of aromatic nitrogens is 2. The van der Waals surface area contributed by atoms with E-state index < -0.39 is 0 Å². The van der Waals surface area contributed by atoms with Gasteiger partial charge in [-0.25, -0.2) is 0 Å². The highest BCUT2D eigenvalue weighted by Gasteiger charge is 2.26. The molecule has 1 heterocycles. The fraction of sp³-hybridized carbons (Fsp3) is 0.391. The van der Waals surface area contributed by atoms with Crippen molar-refractivity contribution in [3.8, 4) is 28.6 Å². The molecule has 0 saturated heterocycles. The predicted molar refractivity (Wildman–Crippen MR) is 113 cm³/mol. The molecule has 3 aromatic rings. The lowest BCUT2D eigenvalue weighted by atomic mass is 10.1. The Bertz CT molecular complexity index is 970. The van der Waals surface area contributed by atoms with E-state index in [2.05, 4.69) is 39.3 Å². The van der Waals surface area contributed by atoms with Crippen LogP contribution in [0.2, 0.25) is 0 Å². The summed E-state index contributed by atoms with van der Waals surface area (Å²) in [6, 6.07) is 14.1. The molecule has 158 valence electrons. The Hall–Kier alpha value is -3.06. The summed E-state index contributed by atoms with van der Waals surface area (Å²) < 4.78 is 22.0. The highest BCUT2D eigenvalue weighted by Crippen LogP contribution is 2.43. The van der Waals surface area contributed by atoms with Crippen LogP contribution in [0.3, 0.4) is 0 Å². The predicted octanol–water partition coefficient (Wildman–Crippen LogP) is 4.17. The molecular formula is C23H27N3O4. The van der Waals surface area contributed by atoms with Crippen molar-refractivity contribution in [1.82, 2.24) is 15.0 Å². The van der Waals surface area contributed by atoms with Crippen LogP contribution in [0.1, 0.15) is 24.3 Å². The molecule has 0 radical (unpaired) electrons. The minimum absolute atomic E-state index is 0.467. The molecule has 0 amide bonds. The van der Waals surface area contributed by atoms with E-state index in [0.29, 0.717) is 41.1 Å². The number of hydrogen-bond donors (Lipinski definition) is 0. The molecule has 30 heavy (non-hydrogen) atoms. The van der Waals surface area contributed by atoms with Crippen LogP contribution < -0.4 is 14.2 Å². The molecule has 1 fully saturated rings. The molecule has 0 aliphatic heterocycles. The summed E-state index contributed by atoms with van der Waals surface area (Å²) in [5, 5.41) is 4.19. The lowest BCUT2D eigenvalue weighted by molar-refractivity contribution is 0.211. The maximum Gasteiger partial charge on any atom is 0.241 e. The van der Waals surface area contributed by atoms with E-state index in [4.69, 9.17) is 18.7 Å². The Kier molecular flexibility index (Phi) is 6.18. The van der Waals surface area contributed by atoms with Gasteiger partial charge in [-0.3, -0.25) is 4.90 Å².